The lowest BCUT2D eigenvalue weighted by Crippen LogP contribution is -1.89. The first kappa shape index (κ1) is 8.56. The van der Waals surface area contributed by atoms with Gasteiger partial charge >= 0.3 is 0 Å². The summed E-state index contributed by atoms with van der Waals surface area (Å²) in [4.78, 5) is 4.02. The molecule has 0 unspecified atom stereocenters. The van der Waals surface area contributed by atoms with Gasteiger partial charge in [-0.2, -0.15) is 0 Å². The zero-order valence-electron chi connectivity index (χ0n) is 7.47. The molecule has 1 radical (unpaired) electrons. The normalized spacial score (nSPS) is 9.71. The lowest BCUT2D eigenvalue weighted by Gasteiger charge is -2.03. The summed E-state index contributed by atoms with van der Waals surface area (Å²) in [5.74, 6) is 1.27. The van der Waals surface area contributed by atoms with Gasteiger partial charge in [-0.25, -0.2) is 4.98 Å². The van der Waals surface area contributed by atoms with Crippen molar-refractivity contribution in [3.8, 4) is 11.6 Å². The van der Waals surface area contributed by atoms with E-state index in [9.17, 15) is 0 Å². The van der Waals surface area contributed by atoms with E-state index in [0.29, 0.717) is 11.6 Å². The molecule has 0 saturated heterocycles. The molecule has 3 heteroatoms. The Kier molecular flexibility index (Phi) is 2.32. The lowest BCUT2D eigenvalue weighted by atomic mass is 10.3. The summed E-state index contributed by atoms with van der Waals surface area (Å²) in [7, 11) is 0. The molecule has 0 fully saturated rings. The average molecular weight is 185 g/mol. The van der Waals surface area contributed by atoms with Crippen LogP contribution >= 0.6 is 0 Å². The van der Waals surface area contributed by atoms with Gasteiger partial charge in [0.05, 0.1) is 11.9 Å². The smallest absolute Gasteiger partial charge is 0.219 e. The number of nitrogen functional groups attached to an aromatic ring is 1. The van der Waals surface area contributed by atoms with Crippen LogP contribution in [0.4, 0.5) is 5.69 Å². The number of hydrogen-bond acceptors (Lipinski definition) is 3. The Morgan fingerprint density at radius 2 is 1.93 bits per heavy atom. The molecule has 0 spiro atoms. The Labute approximate surface area is 82.2 Å². The van der Waals surface area contributed by atoms with E-state index in [1.165, 1.54) is 0 Å². The van der Waals surface area contributed by atoms with Crippen molar-refractivity contribution in [3.05, 3.63) is 48.7 Å². The minimum Gasteiger partial charge on any atom is -0.439 e. The monoisotopic (exact) mass is 185 g/mol. The van der Waals surface area contributed by atoms with Gasteiger partial charge in [-0.1, -0.05) is 12.1 Å². The molecule has 3 nitrogen and oxygen atoms in total. The molecule has 0 bridgehead atoms. The van der Waals surface area contributed by atoms with Crippen LogP contribution < -0.4 is 10.5 Å². The fraction of sp³-hybridized carbons (Fsp3) is 0. The summed E-state index contributed by atoms with van der Waals surface area (Å²) < 4.78 is 5.45. The number of aromatic nitrogens is 1. The van der Waals surface area contributed by atoms with Crippen molar-refractivity contribution < 1.29 is 4.74 Å². The van der Waals surface area contributed by atoms with Crippen LogP contribution in [0.25, 0.3) is 0 Å². The Bertz CT molecular complexity index is 397. The van der Waals surface area contributed by atoms with E-state index < -0.39 is 0 Å². The average Bonchev–Trinajstić information content (AvgIpc) is 2.23. The number of anilines is 1. The fourth-order valence-electron chi connectivity index (χ4n) is 1.01. The Morgan fingerprint density at radius 3 is 2.57 bits per heavy atom. The summed E-state index contributed by atoms with van der Waals surface area (Å²) in [6, 6.07) is 13.6. The molecule has 2 N–H and O–H groups in total. The van der Waals surface area contributed by atoms with Gasteiger partial charge in [0.15, 0.2) is 0 Å². The molecular formula is C11H9N2O. The SMILES string of the molecule is Nc1ccc(Oc2cc[c]cc2)nc1. The van der Waals surface area contributed by atoms with Crippen molar-refractivity contribution in [2.75, 3.05) is 5.73 Å². The maximum atomic E-state index is 5.50. The maximum Gasteiger partial charge on any atom is 0.219 e. The van der Waals surface area contributed by atoms with Gasteiger partial charge in [0.25, 0.3) is 0 Å². The van der Waals surface area contributed by atoms with Crippen LogP contribution in [-0.4, -0.2) is 4.98 Å². The van der Waals surface area contributed by atoms with Crippen LogP contribution in [-0.2, 0) is 0 Å². The molecule has 0 aliphatic carbocycles. The van der Waals surface area contributed by atoms with Crippen LogP contribution in [0.1, 0.15) is 0 Å². The minimum atomic E-state index is 0.533. The standard InChI is InChI=1S/C11H9N2O/c12-9-6-7-11(13-8-9)14-10-4-2-1-3-5-10/h2-8H,12H2. The van der Waals surface area contributed by atoms with Gasteiger partial charge in [-0.15, -0.1) is 0 Å². The number of nitrogens with two attached hydrogens (primary N) is 1. The van der Waals surface area contributed by atoms with Crippen molar-refractivity contribution in [1.29, 1.82) is 0 Å². The summed E-state index contributed by atoms with van der Waals surface area (Å²) in [5.41, 5.74) is 6.12. The van der Waals surface area contributed by atoms with E-state index in [1.54, 1.807) is 30.5 Å². The zero-order chi connectivity index (χ0) is 9.80. The molecule has 14 heavy (non-hydrogen) atoms. The first-order chi connectivity index (χ1) is 6.84. The summed E-state index contributed by atoms with van der Waals surface area (Å²) in [6.45, 7) is 0. The number of benzene rings is 1. The summed E-state index contributed by atoms with van der Waals surface area (Å²) in [5, 5.41) is 0. The van der Waals surface area contributed by atoms with Gasteiger partial charge in [0.1, 0.15) is 5.75 Å². The third-order valence-corrected chi connectivity index (χ3v) is 1.67. The van der Waals surface area contributed by atoms with Crippen molar-refractivity contribution in [2.24, 2.45) is 0 Å². The topological polar surface area (TPSA) is 48.1 Å². The van der Waals surface area contributed by atoms with E-state index in [2.05, 4.69) is 11.1 Å². The molecule has 0 saturated carbocycles. The number of nitrogens with zero attached hydrogens (tertiary/aromatic N) is 1. The van der Waals surface area contributed by atoms with Crippen LogP contribution in [0.2, 0.25) is 0 Å². The van der Waals surface area contributed by atoms with Crippen molar-refractivity contribution in [1.82, 2.24) is 4.98 Å². The number of hydrogen-bond donors (Lipinski definition) is 1. The largest absolute Gasteiger partial charge is 0.439 e. The van der Waals surface area contributed by atoms with Gasteiger partial charge in [0, 0.05) is 6.07 Å². The highest BCUT2D eigenvalue weighted by molar-refractivity contribution is 5.37. The molecule has 1 aromatic carbocycles. The van der Waals surface area contributed by atoms with Crippen LogP contribution in [0.3, 0.4) is 0 Å². The number of ether oxygens (including phenoxy) is 1. The van der Waals surface area contributed by atoms with E-state index in [0.717, 1.165) is 5.75 Å². The molecule has 0 amide bonds. The molecule has 2 aromatic rings. The molecule has 69 valence electrons. The van der Waals surface area contributed by atoms with Gasteiger partial charge in [-0.05, 0) is 24.3 Å². The van der Waals surface area contributed by atoms with Gasteiger partial charge < -0.3 is 10.5 Å². The third-order valence-electron chi connectivity index (χ3n) is 1.67. The number of pyridine rings is 1. The van der Waals surface area contributed by atoms with Crippen molar-refractivity contribution in [2.45, 2.75) is 0 Å². The second kappa shape index (κ2) is 3.79. The molecule has 1 heterocycles. The van der Waals surface area contributed by atoms with E-state index >= 15 is 0 Å². The molecular weight excluding hydrogens is 176 g/mol. The third kappa shape index (κ3) is 2.01. The highest BCUT2D eigenvalue weighted by atomic mass is 16.5. The maximum absolute atomic E-state index is 5.50. The first-order valence-corrected chi connectivity index (χ1v) is 4.20. The first-order valence-electron chi connectivity index (χ1n) is 4.20. The van der Waals surface area contributed by atoms with Crippen LogP contribution in [0.5, 0.6) is 11.6 Å². The molecule has 0 aliphatic rings. The highest BCUT2D eigenvalue weighted by Crippen LogP contribution is 2.18. The Balaban J connectivity index is 2.16. The predicted octanol–water partition coefficient (Wildman–Crippen LogP) is 2.26. The molecule has 1 aromatic heterocycles. The van der Waals surface area contributed by atoms with Gasteiger partial charge in [-0.3, -0.25) is 0 Å². The van der Waals surface area contributed by atoms with E-state index in [-0.39, 0.29) is 0 Å². The fourth-order valence-corrected chi connectivity index (χ4v) is 1.01. The number of rotatable bonds is 2. The minimum absolute atomic E-state index is 0.533. The van der Waals surface area contributed by atoms with Crippen molar-refractivity contribution >= 4 is 5.69 Å². The molecule has 0 atom stereocenters. The quantitative estimate of drug-likeness (QED) is 0.780. The predicted molar refractivity (Wildman–Crippen MR) is 54.0 cm³/mol. The Hall–Kier alpha value is -2.03. The van der Waals surface area contributed by atoms with Gasteiger partial charge in [0.2, 0.25) is 5.88 Å². The second-order valence-electron chi connectivity index (χ2n) is 2.77. The zero-order valence-corrected chi connectivity index (χ0v) is 7.47. The van der Waals surface area contributed by atoms with Crippen molar-refractivity contribution in [3.63, 3.8) is 0 Å². The molecule has 2 rings (SSSR count). The van der Waals surface area contributed by atoms with Crippen LogP contribution in [0.15, 0.2) is 42.6 Å². The lowest BCUT2D eigenvalue weighted by molar-refractivity contribution is 0.463. The Morgan fingerprint density at radius 1 is 1.14 bits per heavy atom. The summed E-state index contributed by atoms with van der Waals surface area (Å²) >= 11 is 0. The highest BCUT2D eigenvalue weighted by Gasteiger charge is 1.96. The second-order valence-corrected chi connectivity index (χ2v) is 2.77. The van der Waals surface area contributed by atoms with E-state index in [1.807, 2.05) is 12.1 Å². The van der Waals surface area contributed by atoms with Crippen LogP contribution in [0, 0.1) is 6.07 Å². The van der Waals surface area contributed by atoms with E-state index in [4.69, 9.17) is 10.5 Å². The molecule has 0 aliphatic heterocycles. The summed E-state index contributed by atoms with van der Waals surface area (Å²) in [6.07, 6.45) is 1.56.